The molecule has 0 aromatic heterocycles. The van der Waals surface area contributed by atoms with Crippen LogP contribution in [-0.2, 0) is 14.3 Å². The van der Waals surface area contributed by atoms with Crippen LogP contribution in [0.15, 0.2) is 36.4 Å². The van der Waals surface area contributed by atoms with Crippen molar-refractivity contribution in [3.05, 3.63) is 53.4 Å². The summed E-state index contributed by atoms with van der Waals surface area (Å²) in [6.07, 6.45) is 1.64. The summed E-state index contributed by atoms with van der Waals surface area (Å²) in [5, 5.41) is 2.51. The molecule has 2 aromatic carbocycles. The fraction of sp³-hybridized carbons (Fsp3) is 0.273. The van der Waals surface area contributed by atoms with Crippen molar-refractivity contribution in [2.75, 3.05) is 25.6 Å². The number of rotatable bonds is 6. The summed E-state index contributed by atoms with van der Waals surface area (Å²) in [7, 11) is 1.51. The molecule has 1 amide bonds. The molecule has 7 nitrogen and oxygen atoms in total. The number of carbonyl (C=O) groups is 2. The van der Waals surface area contributed by atoms with Crippen LogP contribution in [0.5, 0.6) is 17.2 Å². The number of anilines is 1. The van der Waals surface area contributed by atoms with Crippen molar-refractivity contribution in [2.24, 2.45) is 0 Å². The summed E-state index contributed by atoms with van der Waals surface area (Å²) in [6.45, 7) is 3.90. The van der Waals surface area contributed by atoms with Gasteiger partial charge in [-0.15, -0.1) is 0 Å². The number of amides is 1. The molecule has 0 unspecified atom stereocenters. The zero-order valence-corrected chi connectivity index (χ0v) is 16.9. The largest absolute Gasteiger partial charge is 0.493 e. The molecule has 1 heterocycles. The lowest BCUT2D eigenvalue weighted by atomic mass is 10.1. The van der Waals surface area contributed by atoms with Gasteiger partial charge < -0.3 is 24.3 Å². The van der Waals surface area contributed by atoms with Crippen LogP contribution in [0.3, 0.4) is 0 Å². The molecule has 0 radical (unpaired) electrons. The first kappa shape index (κ1) is 21.2. The lowest BCUT2D eigenvalue weighted by Crippen LogP contribution is -2.29. The summed E-state index contributed by atoms with van der Waals surface area (Å²) in [5.41, 5.74) is 1.39. The van der Waals surface area contributed by atoms with Gasteiger partial charge in [0.25, 0.3) is 5.91 Å². The van der Waals surface area contributed by atoms with Crippen molar-refractivity contribution >= 4 is 23.6 Å². The first-order chi connectivity index (χ1) is 14.4. The molecule has 1 aliphatic rings. The lowest BCUT2D eigenvalue weighted by Gasteiger charge is -2.20. The van der Waals surface area contributed by atoms with E-state index in [-0.39, 0.29) is 5.69 Å². The average Bonchev–Trinajstić information content (AvgIpc) is 2.74. The summed E-state index contributed by atoms with van der Waals surface area (Å²) >= 11 is 0. The highest BCUT2D eigenvalue weighted by Crippen LogP contribution is 2.40. The number of halogens is 1. The topological polar surface area (TPSA) is 83.1 Å². The van der Waals surface area contributed by atoms with E-state index >= 15 is 0 Å². The van der Waals surface area contributed by atoms with Gasteiger partial charge in [-0.1, -0.05) is 6.07 Å². The van der Waals surface area contributed by atoms with E-state index in [2.05, 4.69) is 5.32 Å². The maximum atomic E-state index is 13.6. The number of esters is 1. The van der Waals surface area contributed by atoms with Crippen molar-refractivity contribution in [1.29, 1.82) is 0 Å². The van der Waals surface area contributed by atoms with Gasteiger partial charge >= 0.3 is 5.97 Å². The average molecular weight is 415 g/mol. The van der Waals surface area contributed by atoms with Crippen LogP contribution >= 0.6 is 0 Å². The van der Waals surface area contributed by atoms with Gasteiger partial charge in [-0.25, -0.2) is 9.18 Å². The van der Waals surface area contributed by atoms with Crippen LogP contribution in [0.4, 0.5) is 10.1 Å². The molecule has 30 heavy (non-hydrogen) atoms. The van der Waals surface area contributed by atoms with E-state index in [4.69, 9.17) is 18.9 Å². The lowest BCUT2D eigenvalue weighted by molar-refractivity contribution is -0.148. The second-order valence-corrected chi connectivity index (χ2v) is 6.61. The molecule has 1 atom stereocenters. The molecule has 0 fully saturated rings. The molecule has 0 saturated heterocycles. The van der Waals surface area contributed by atoms with Crippen molar-refractivity contribution < 1.29 is 32.9 Å². The first-order valence-corrected chi connectivity index (χ1v) is 9.30. The van der Waals surface area contributed by atoms with Gasteiger partial charge in [0.2, 0.25) is 5.75 Å². The highest BCUT2D eigenvalue weighted by Gasteiger charge is 2.19. The second kappa shape index (κ2) is 9.30. The Balaban J connectivity index is 1.61. The Labute approximate surface area is 173 Å². The van der Waals surface area contributed by atoms with E-state index in [9.17, 15) is 14.0 Å². The number of nitrogens with one attached hydrogen (secondary N) is 1. The van der Waals surface area contributed by atoms with Crippen molar-refractivity contribution in [3.8, 4) is 17.2 Å². The molecule has 1 N–H and O–H groups in total. The number of aryl methyl sites for hydroxylation is 1. The predicted octanol–water partition coefficient (Wildman–Crippen LogP) is 3.50. The summed E-state index contributed by atoms with van der Waals surface area (Å²) in [6, 6.07) is 7.73. The van der Waals surface area contributed by atoms with Gasteiger partial charge in [-0.05, 0) is 55.3 Å². The molecule has 0 bridgehead atoms. The van der Waals surface area contributed by atoms with E-state index in [0.717, 1.165) is 0 Å². The normalized spacial score (nSPS) is 13.6. The zero-order chi connectivity index (χ0) is 21.7. The van der Waals surface area contributed by atoms with Gasteiger partial charge in [0.05, 0.1) is 7.11 Å². The minimum atomic E-state index is -1.07. The van der Waals surface area contributed by atoms with Crippen LogP contribution in [0.2, 0.25) is 0 Å². The van der Waals surface area contributed by atoms with Crippen LogP contribution in [0.25, 0.3) is 6.08 Å². The Morgan fingerprint density at radius 2 is 1.97 bits per heavy atom. The second-order valence-electron chi connectivity index (χ2n) is 6.61. The quantitative estimate of drug-likeness (QED) is 0.574. The minimum absolute atomic E-state index is 0.282. The third-order valence-corrected chi connectivity index (χ3v) is 4.36. The Morgan fingerprint density at radius 1 is 1.20 bits per heavy atom. The standard InChI is InChI=1S/C22H22FNO6/c1-13-4-6-16(12-17(13)23)24-22(26)14(2)30-20(25)7-5-15-10-18(27-3)21-19(11-15)28-8-9-29-21/h4-7,10-12,14H,8-9H2,1-3H3,(H,24,26)/b7-5+/t14-/m0/s1. The van der Waals surface area contributed by atoms with E-state index in [0.29, 0.717) is 41.6 Å². The van der Waals surface area contributed by atoms with E-state index in [1.807, 2.05) is 0 Å². The highest BCUT2D eigenvalue weighted by molar-refractivity contribution is 5.96. The molecule has 2 aromatic rings. The highest BCUT2D eigenvalue weighted by atomic mass is 19.1. The van der Waals surface area contributed by atoms with Gasteiger partial charge in [-0.2, -0.15) is 0 Å². The molecule has 158 valence electrons. The first-order valence-electron chi connectivity index (χ1n) is 9.30. The monoisotopic (exact) mass is 415 g/mol. The van der Waals surface area contributed by atoms with Crippen molar-refractivity contribution in [2.45, 2.75) is 20.0 Å². The van der Waals surface area contributed by atoms with E-state index < -0.39 is 23.8 Å². The number of benzene rings is 2. The number of fused-ring (bicyclic) bond motifs is 1. The molecule has 3 rings (SSSR count). The van der Waals surface area contributed by atoms with Crippen LogP contribution < -0.4 is 19.5 Å². The van der Waals surface area contributed by atoms with Gasteiger partial charge in [0, 0.05) is 11.8 Å². The van der Waals surface area contributed by atoms with Crippen molar-refractivity contribution in [1.82, 2.24) is 0 Å². The Kier molecular flexibility index (Phi) is 6.56. The minimum Gasteiger partial charge on any atom is -0.493 e. The SMILES string of the molecule is COc1cc(/C=C/C(=O)O[C@@H](C)C(=O)Nc2ccc(C)c(F)c2)cc2c1OCCO2. The van der Waals surface area contributed by atoms with Crippen molar-refractivity contribution in [3.63, 3.8) is 0 Å². The third-order valence-electron chi connectivity index (χ3n) is 4.36. The molecule has 1 aliphatic heterocycles. The summed E-state index contributed by atoms with van der Waals surface area (Å²) < 4.78 is 35.1. The fourth-order valence-electron chi connectivity index (χ4n) is 2.74. The van der Waals surface area contributed by atoms with Crippen LogP contribution in [-0.4, -0.2) is 38.3 Å². The molecule has 0 spiro atoms. The van der Waals surface area contributed by atoms with E-state index in [1.165, 1.54) is 32.3 Å². The zero-order valence-electron chi connectivity index (χ0n) is 16.9. The summed E-state index contributed by atoms with van der Waals surface area (Å²) in [4.78, 5) is 24.3. The number of hydrogen-bond donors (Lipinski definition) is 1. The Hall–Kier alpha value is -3.55. The third kappa shape index (κ3) is 5.08. The van der Waals surface area contributed by atoms with E-state index in [1.54, 1.807) is 31.2 Å². The fourth-order valence-corrected chi connectivity index (χ4v) is 2.74. The maximum absolute atomic E-state index is 13.6. The van der Waals surface area contributed by atoms with Crippen LogP contribution in [0, 0.1) is 12.7 Å². The maximum Gasteiger partial charge on any atom is 0.331 e. The molecular formula is C22H22FNO6. The van der Waals surface area contributed by atoms with Gasteiger partial charge in [0.15, 0.2) is 17.6 Å². The predicted molar refractivity (Wildman–Crippen MR) is 108 cm³/mol. The van der Waals surface area contributed by atoms with Gasteiger partial charge in [0.1, 0.15) is 19.0 Å². The number of methoxy groups -OCH3 is 1. The molecular weight excluding hydrogens is 393 g/mol. The number of carbonyl (C=O) groups excluding carboxylic acids is 2. The van der Waals surface area contributed by atoms with Gasteiger partial charge in [-0.3, -0.25) is 4.79 Å². The number of hydrogen-bond acceptors (Lipinski definition) is 6. The smallest absolute Gasteiger partial charge is 0.331 e. The molecule has 8 heteroatoms. The molecule has 0 aliphatic carbocycles. The summed E-state index contributed by atoms with van der Waals surface area (Å²) in [5.74, 6) is -0.191. The Bertz CT molecular complexity index is 971. The Morgan fingerprint density at radius 3 is 2.70 bits per heavy atom. The number of ether oxygens (including phenoxy) is 4. The van der Waals surface area contributed by atoms with Crippen LogP contribution in [0.1, 0.15) is 18.1 Å². The molecule has 0 saturated carbocycles.